The smallest absolute Gasteiger partial charge is 0.252 e. The van der Waals surface area contributed by atoms with Gasteiger partial charge in [0.1, 0.15) is 0 Å². The normalized spacial score (nSPS) is 10.6. The Morgan fingerprint density at radius 3 is 2.48 bits per heavy atom. The summed E-state index contributed by atoms with van der Waals surface area (Å²) in [5.41, 5.74) is 3.97. The summed E-state index contributed by atoms with van der Waals surface area (Å²) in [5, 5.41) is 10.8. The molecule has 0 aliphatic carbocycles. The Hall–Kier alpha value is -3.19. The van der Waals surface area contributed by atoms with Crippen molar-refractivity contribution >= 4 is 23.4 Å². The van der Waals surface area contributed by atoms with E-state index in [1.807, 2.05) is 30.7 Å². The lowest BCUT2D eigenvalue weighted by molar-refractivity contribution is -0.120. The molecule has 29 heavy (non-hydrogen) atoms. The summed E-state index contributed by atoms with van der Waals surface area (Å²) in [4.78, 5) is 28.2. The Labute approximate surface area is 174 Å². The van der Waals surface area contributed by atoms with Crippen molar-refractivity contribution in [1.82, 2.24) is 25.4 Å². The van der Waals surface area contributed by atoms with Crippen LogP contribution >= 0.6 is 11.6 Å². The lowest BCUT2D eigenvalue weighted by atomic mass is 10.1. The highest BCUT2D eigenvalue weighted by molar-refractivity contribution is 6.30. The van der Waals surface area contributed by atoms with Gasteiger partial charge in [0.15, 0.2) is 0 Å². The number of carbonyl (C=O) groups excluding carboxylic acids is 2. The maximum absolute atomic E-state index is 12.3. The molecule has 0 aliphatic heterocycles. The number of aromatic nitrogens is 3. The van der Waals surface area contributed by atoms with Gasteiger partial charge in [-0.2, -0.15) is 5.10 Å². The molecule has 0 atom stereocenters. The molecule has 3 aromatic rings. The van der Waals surface area contributed by atoms with Gasteiger partial charge in [-0.25, -0.2) is 4.68 Å². The van der Waals surface area contributed by atoms with Gasteiger partial charge < -0.3 is 10.6 Å². The molecule has 0 radical (unpaired) electrons. The van der Waals surface area contributed by atoms with Crippen molar-refractivity contribution in [3.63, 3.8) is 0 Å². The van der Waals surface area contributed by atoms with E-state index in [-0.39, 0.29) is 18.2 Å². The predicted molar refractivity (Wildman–Crippen MR) is 111 cm³/mol. The summed E-state index contributed by atoms with van der Waals surface area (Å²) in [7, 11) is 0. The van der Waals surface area contributed by atoms with E-state index < -0.39 is 0 Å². The zero-order valence-electron chi connectivity index (χ0n) is 16.3. The minimum Gasteiger partial charge on any atom is -0.354 e. The summed E-state index contributed by atoms with van der Waals surface area (Å²) in [5.74, 6) is -0.342. The summed E-state index contributed by atoms with van der Waals surface area (Å²) in [6, 6.07) is 10.8. The monoisotopic (exact) mass is 411 g/mol. The molecule has 0 fully saturated rings. The fraction of sp³-hybridized carbons (Fsp3) is 0.238. The molecular weight excluding hydrogens is 390 g/mol. The number of amides is 2. The van der Waals surface area contributed by atoms with Crippen molar-refractivity contribution in [3.05, 3.63) is 76.3 Å². The van der Waals surface area contributed by atoms with Gasteiger partial charge in [0.2, 0.25) is 5.91 Å². The Morgan fingerprint density at radius 2 is 1.79 bits per heavy atom. The SMILES string of the molecule is Cc1nn(-c2ccc(Cl)cc2)c(C)c1CC(=O)NCCNC(=O)c1cccnc1. The fourth-order valence-electron chi connectivity index (χ4n) is 2.96. The van der Waals surface area contributed by atoms with Crippen LogP contribution < -0.4 is 10.6 Å². The van der Waals surface area contributed by atoms with Gasteiger partial charge in [0, 0.05) is 41.8 Å². The Morgan fingerprint density at radius 1 is 1.07 bits per heavy atom. The summed E-state index contributed by atoms with van der Waals surface area (Å²) in [6.45, 7) is 4.50. The standard InChI is InChI=1S/C21H22ClN5O2/c1-14-19(15(2)27(26-14)18-7-5-17(22)6-8-18)12-20(28)24-10-11-25-21(29)16-4-3-9-23-13-16/h3-9,13H,10-12H2,1-2H3,(H,24,28)(H,25,29). The average molecular weight is 412 g/mol. The van der Waals surface area contributed by atoms with Crippen molar-refractivity contribution in [1.29, 1.82) is 0 Å². The first-order valence-electron chi connectivity index (χ1n) is 9.21. The van der Waals surface area contributed by atoms with Crippen LogP contribution in [0.1, 0.15) is 27.3 Å². The van der Waals surface area contributed by atoms with E-state index in [0.29, 0.717) is 23.7 Å². The molecule has 8 heteroatoms. The molecule has 150 valence electrons. The van der Waals surface area contributed by atoms with E-state index in [9.17, 15) is 9.59 Å². The van der Waals surface area contributed by atoms with Crippen LogP contribution in [0.2, 0.25) is 5.02 Å². The van der Waals surface area contributed by atoms with Crippen LogP contribution in [-0.4, -0.2) is 39.7 Å². The van der Waals surface area contributed by atoms with E-state index >= 15 is 0 Å². The number of rotatable bonds is 7. The predicted octanol–water partition coefficient (Wildman–Crippen LogP) is 2.63. The molecule has 7 nitrogen and oxygen atoms in total. The Balaban J connectivity index is 1.53. The number of benzene rings is 1. The number of pyridine rings is 1. The zero-order valence-corrected chi connectivity index (χ0v) is 17.0. The topological polar surface area (TPSA) is 88.9 Å². The molecule has 3 rings (SSSR count). The number of hydrogen-bond donors (Lipinski definition) is 2. The second kappa shape index (κ2) is 9.34. The Kier molecular flexibility index (Phi) is 6.61. The maximum atomic E-state index is 12.3. The molecule has 2 heterocycles. The van der Waals surface area contributed by atoms with Crippen LogP contribution in [0.3, 0.4) is 0 Å². The summed E-state index contributed by atoms with van der Waals surface area (Å²) >= 11 is 5.95. The Bertz CT molecular complexity index is 1000. The fourth-order valence-corrected chi connectivity index (χ4v) is 3.09. The number of hydrogen-bond acceptors (Lipinski definition) is 4. The van der Waals surface area contributed by atoms with E-state index in [1.54, 1.807) is 30.5 Å². The van der Waals surface area contributed by atoms with Gasteiger partial charge in [-0.1, -0.05) is 11.6 Å². The van der Waals surface area contributed by atoms with Gasteiger partial charge in [0.05, 0.1) is 23.4 Å². The van der Waals surface area contributed by atoms with Crippen LogP contribution in [0, 0.1) is 13.8 Å². The molecule has 0 saturated heterocycles. The second-order valence-electron chi connectivity index (χ2n) is 6.56. The average Bonchev–Trinajstić information content (AvgIpc) is 3.00. The van der Waals surface area contributed by atoms with Crippen LogP contribution in [0.5, 0.6) is 0 Å². The third-order valence-electron chi connectivity index (χ3n) is 4.51. The number of aryl methyl sites for hydroxylation is 1. The van der Waals surface area contributed by atoms with E-state index in [0.717, 1.165) is 22.6 Å². The van der Waals surface area contributed by atoms with Gasteiger partial charge >= 0.3 is 0 Å². The minimum atomic E-state index is -0.219. The summed E-state index contributed by atoms with van der Waals surface area (Å²) in [6.07, 6.45) is 3.33. The molecular formula is C21H22ClN5O2. The number of nitrogens with one attached hydrogen (secondary N) is 2. The van der Waals surface area contributed by atoms with Crippen LogP contribution in [0.25, 0.3) is 5.69 Å². The number of halogens is 1. The maximum Gasteiger partial charge on any atom is 0.252 e. The molecule has 2 aromatic heterocycles. The quantitative estimate of drug-likeness (QED) is 0.585. The van der Waals surface area contributed by atoms with E-state index in [2.05, 4.69) is 20.7 Å². The molecule has 0 saturated carbocycles. The number of carbonyl (C=O) groups is 2. The third kappa shape index (κ3) is 5.20. The molecule has 0 bridgehead atoms. The lowest BCUT2D eigenvalue weighted by Crippen LogP contribution is -2.35. The van der Waals surface area contributed by atoms with Crippen LogP contribution in [0.4, 0.5) is 0 Å². The third-order valence-corrected chi connectivity index (χ3v) is 4.76. The van der Waals surface area contributed by atoms with Gasteiger partial charge in [-0.05, 0) is 50.2 Å². The molecule has 1 aromatic carbocycles. The number of nitrogens with zero attached hydrogens (tertiary/aromatic N) is 3. The summed E-state index contributed by atoms with van der Waals surface area (Å²) < 4.78 is 1.81. The van der Waals surface area contributed by atoms with Crippen molar-refractivity contribution in [2.24, 2.45) is 0 Å². The second-order valence-corrected chi connectivity index (χ2v) is 7.00. The first kappa shape index (κ1) is 20.5. The highest BCUT2D eigenvalue weighted by Gasteiger charge is 2.16. The molecule has 2 amide bonds. The minimum absolute atomic E-state index is 0.123. The molecule has 0 unspecified atom stereocenters. The lowest BCUT2D eigenvalue weighted by Gasteiger charge is -2.08. The van der Waals surface area contributed by atoms with Crippen LogP contribution in [0.15, 0.2) is 48.8 Å². The first-order chi connectivity index (χ1) is 14.0. The highest BCUT2D eigenvalue weighted by atomic mass is 35.5. The van der Waals surface area contributed by atoms with Crippen molar-refractivity contribution in [2.45, 2.75) is 20.3 Å². The van der Waals surface area contributed by atoms with E-state index in [4.69, 9.17) is 11.6 Å². The molecule has 0 aliphatic rings. The first-order valence-corrected chi connectivity index (χ1v) is 9.59. The highest BCUT2D eigenvalue weighted by Crippen LogP contribution is 2.20. The van der Waals surface area contributed by atoms with Crippen molar-refractivity contribution in [3.8, 4) is 5.69 Å². The molecule has 2 N–H and O–H groups in total. The van der Waals surface area contributed by atoms with Crippen LogP contribution in [-0.2, 0) is 11.2 Å². The largest absolute Gasteiger partial charge is 0.354 e. The van der Waals surface area contributed by atoms with Gasteiger partial charge in [-0.15, -0.1) is 0 Å². The van der Waals surface area contributed by atoms with E-state index in [1.165, 1.54) is 6.20 Å². The zero-order chi connectivity index (χ0) is 20.8. The molecule has 0 spiro atoms. The van der Waals surface area contributed by atoms with Gasteiger partial charge in [0.25, 0.3) is 5.91 Å². The van der Waals surface area contributed by atoms with Gasteiger partial charge in [-0.3, -0.25) is 14.6 Å². The van der Waals surface area contributed by atoms with Crippen molar-refractivity contribution < 1.29 is 9.59 Å². The van der Waals surface area contributed by atoms with Crippen molar-refractivity contribution in [2.75, 3.05) is 13.1 Å².